The van der Waals surface area contributed by atoms with E-state index in [1.165, 1.54) is 27.6 Å². The minimum atomic E-state index is 0.860. The summed E-state index contributed by atoms with van der Waals surface area (Å²) in [5.41, 5.74) is 6.93. The molecule has 4 aromatic rings. The van der Waals surface area contributed by atoms with Crippen molar-refractivity contribution in [3.63, 3.8) is 0 Å². The molecule has 0 radical (unpaired) electrons. The zero-order chi connectivity index (χ0) is 17.2. The molecule has 0 spiro atoms. The van der Waals surface area contributed by atoms with Gasteiger partial charge in [-0.15, -0.1) is 0 Å². The van der Waals surface area contributed by atoms with Crippen LogP contribution in [0.4, 0.5) is 11.5 Å². The van der Waals surface area contributed by atoms with Crippen molar-refractivity contribution in [2.45, 2.75) is 13.8 Å². The van der Waals surface area contributed by atoms with Gasteiger partial charge in [0.1, 0.15) is 5.82 Å². The lowest BCUT2D eigenvalue weighted by Crippen LogP contribution is -1.96. The summed E-state index contributed by atoms with van der Waals surface area (Å²) in [7, 11) is 0. The fourth-order valence-corrected chi connectivity index (χ4v) is 3.04. The molecule has 0 saturated heterocycles. The van der Waals surface area contributed by atoms with Gasteiger partial charge in [-0.2, -0.15) is 0 Å². The maximum absolute atomic E-state index is 4.81. The molecule has 0 bridgehead atoms. The summed E-state index contributed by atoms with van der Waals surface area (Å²) in [6.45, 7) is 4.21. The fourth-order valence-electron chi connectivity index (χ4n) is 3.04. The minimum absolute atomic E-state index is 0.860. The van der Waals surface area contributed by atoms with Crippen LogP contribution in [0.3, 0.4) is 0 Å². The SMILES string of the molecule is Cc1ccc(Nc2cc(-c3ccccc3)c3cc(C)ccc3n2)cc1. The molecule has 4 rings (SSSR count). The molecule has 0 amide bonds. The molecule has 0 unspecified atom stereocenters. The van der Waals surface area contributed by atoms with Crippen LogP contribution < -0.4 is 5.32 Å². The predicted molar refractivity (Wildman–Crippen MR) is 106 cm³/mol. The van der Waals surface area contributed by atoms with Gasteiger partial charge < -0.3 is 5.32 Å². The Bertz CT molecular complexity index is 1020. The smallest absolute Gasteiger partial charge is 0.131 e. The van der Waals surface area contributed by atoms with Crippen LogP contribution in [0.2, 0.25) is 0 Å². The van der Waals surface area contributed by atoms with Gasteiger partial charge in [0.2, 0.25) is 0 Å². The van der Waals surface area contributed by atoms with Crippen molar-refractivity contribution in [1.29, 1.82) is 0 Å². The topological polar surface area (TPSA) is 24.9 Å². The molecule has 0 aliphatic carbocycles. The first kappa shape index (κ1) is 15.4. The molecule has 1 aromatic heterocycles. The van der Waals surface area contributed by atoms with E-state index in [0.717, 1.165) is 17.0 Å². The Hall–Kier alpha value is -3.13. The van der Waals surface area contributed by atoms with Crippen molar-refractivity contribution in [2.75, 3.05) is 5.32 Å². The van der Waals surface area contributed by atoms with Crippen LogP contribution in [0.15, 0.2) is 78.9 Å². The molecule has 2 nitrogen and oxygen atoms in total. The maximum atomic E-state index is 4.81. The van der Waals surface area contributed by atoms with Crippen molar-refractivity contribution in [2.24, 2.45) is 0 Å². The van der Waals surface area contributed by atoms with E-state index < -0.39 is 0 Å². The molecular weight excluding hydrogens is 304 g/mol. The Morgan fingerprint density at radius 1 is 0.720 bits per heavy atom. The van der Waals surface area contributed by atoms with Crippen molar-refractivity contribution in [1.82, 2.24) is 4.98 Å². The van der Waals surface area contributed by atoms with Gasteiger partial charge in [-0.3, -0.25) is 0 Å². The van der Waals surface area contributed by atoms with E-state index in [1.54, 1.807) is 0 Å². The molecule has 0 aliphatic rings. The van der Waals surface area contributed by atoms with Gasteiger partial charge in [0.15, 0.2) is 0 Å². The molecule has 2 heteroatoms. The Balaban J connectivity index is 1.86. The lowest BCUT2D eigenvalue weighted by atomic mass is 10.00. The van der Waals surface area contributed by atoms with Crippen LogP contribution in [-0.4, -0.2) is 4.98 Å². The van der Waals surface area contributed by atoms with E-state index >= 15 is 0 Å². The predicted octanol–water partition coefficient (Wildman–Crippen LogP) is 6.26. The molecule has 25 heavy (non-hydrogen) atoms. The van der Waals surface area contributed by atoms with Gasteiger partial charge >= 0.3 is 0 Å². The number of benzene rings is 3. The molecule has 1 heterocycles. The Morgan fingerprint density at radius 2 is 1.44 bits per heavy atom. The van der Waals surface area contributed by atoms with Crippen LogP contribution >= 0.6 is 0 Å². The molecule has 3 aromatic carbocycles. The average Bonchev–Trinajstić information content (AvgIpc) is 2.64. The van der Waals surface area contributed by atoms with Crippen molar-refractivity contribution < 1.29 is 0 Å². The number of aromatic nitrogens is 1. The standard InChI is InChI=1S/C23H20N2/c1-16-8-11-19(12-9-16)24-23-15-20(18-6-4-3-5-7-18)21-14-17(2)10-13-22(21)25-23/h3-15H,1-2H3,(H,24,25). The number of pyridine rings is 1. The summed E-state index contributed by atoms with van der Waals surface area (Å²) in [6.07, 6.45) is 0. The number of fused-ring (bicyclic) bond motifs is 1. The monoisotopic (exact) mass is 324 g/mol. The Morgan fingerprint density at radius 3 is 2.20 bits per heavy atom. The second-order valence-corrected chi connectivity index (χ2v) is 6.43. The third kappa shape index (κ3) is 3.24. The lowest BCUT2D eigenvalue weighted by Gasteiger charge is -2.12. The summed E-state index contributed by atoms with van der Waals surface area (Å²) < 4.78 is 0. The van der Waals surface area contributed by atoms with E-state index in [9.17, 15) is 0 Å². The highest BCUT2D eigenvalue weighted by molar-refractivity contribution is 5.96. The van der Waals surface area contributed by atoms with E-state index in [-0.39, 0.29) is 0 Å². The number of anilines is 2. The summed E-state index contributed by atoms with van der Waals surface area (Å²) in [5.74, 6) is 0.860. The van der Waals surface area contributed by atoms with Gasteiger partial charge in [-0.05, 0) is 55.3 Å². The fraction of sp³-hybridized carbons (Fsp3) is 0.0870. The zero-order valence-corrected chi connectivity index (χ0v) is 14.5. The van der Waals surface area contributed by atoms with Crippen LogP contribution in [0.1, 0.15) is 11.1 Å². The maximum Gasteiger partial charge on any atom is 0.131 e. The van der Waals surface area contributed by atoms with E-state index in [1.807, 2.05) is 6.07 Å². The van der Waals surface area contributed by atoms with Crippen LogP contribution in [0.5, 0.6) is 0 Å². The molecule has 0 aliphatic heterocycles. The van der Waals surface area contributed by atoms with E-state index in [0.29, 0.717) is 0 Å². The molecule has 1 N–H and O–H groups in total. The normalized spacial score (nSPS) is 10.8. The zero-order valence-electron chi connectivity index (χ0n) is 14.5. The average molecular weight is 324 g/mol. The van der Waals surface area contributed by atoms with Gasteiger partial charge in [-0.1, -0.05) is 59.7 Å². The Labute approximate surface area is 148 Å². The minimum Gasteiger partial charge on any atom is -0.340 e. The number of nitrogens with one attached hydrogen (secondary N) is 1. The third-order valence-electron chi connectivity index (χ3n) is 4.37. The molecule has 0 saturated carbocycles. The van der Waals surface area contributed by atoms with Crippen molar-refractivity contribution in [3.8, 4) is 11.1 Å². The van der Waals surface area contributed by atoms with Gasteiger partial charge in [0, 0.05) is 11.1 Å². The summed E-state index contributed by atoms with van der Waals surface area (Å²) in [6, 6.07) is 27.4. The van der Waals surface area contributed by atoms with Crippen LogP contribution in [-0.2, 0) is 0 Å². The Kier molecular flexibility index (Phi) is 3.95. The number of aryl methyl sites for hydroxylation is 2. The summed E-state index contributed by atoms with van der Waals surface area (Å²) in [5, 5.41) is 4.62. The number of rotatable bonds is 3. The summed E-state index contributed by atoms with van der Waals surface area (Å²) in [4.78, 5) is 4.81. The van der Waals surface area contributed by atoms with Crippen molar-refractivity contribution in [3.05, 3.63) is 90.0 Å². The molecule has 0 fully saturated rings. The quantitative estimate of drug-likeness (QED) is 0.481. The second kappa shape index (κ2) is 6.40. The summed E-state index contributed by atoms with van der Waals surface area (Å²) >= 11 is 0. The highest BCUT2D eigenvalue weighted by Gasteiger charge is 2.08. The van der Waals surface area contributed by atoms with Crippen molar-refractivity contribution >= 4 is 22.4 Å². The first-order chi connectivity index (χ1) is 12.2. The molecule has 0 atom stereocenters. The second-order valence-electron chi connectivity index (χ2n) is 6.43. The number of hydrogen-bond acceptors (Lipinski definition) is 2. The lowest BCUT2D eigenvalue weighted by molar-refractivity contribution is 1.35. The first-order valence-corrected chi connectivity index (χ1v) is 8.49. The van der Waals surface area contributed by atoms with Gasteiger partial charge in [0.25, 0.3) is 0 Å². The highest BCUT2D eigenvalue weighted by atomic mass is 15.0. The highest BCUT2D eigenvalue weighted by Crippen LogP contribution is 2.31. The van der Waals surface area contributed by atoms with Gasteiger partial charge in [0.05, 0.1) is 5.52 Å². The van der Waals surface area contributed by atoms with E-state index in [2.05, 4.69) is 92.0 Å². The number of hydrogen-bond donors (Lipinski definition) is 1. The van der Waals surface area contributed by atoms with Gasteiger partial charge in [-0.25, -0.2) is 4.98 Å². The van der Waals surface area contributed by atoms with Crippen LogP contribution in [0, 0.1) is 13.8 Å². The first-order valence-electron chi connectivity index (χ1n) is 8.49. The largest absolute Gasteiger partial charge is 0.340 e. The van der Waals surface area contributed by atoms with Crippen LogP contribution in [0.25, 0.3) is 22.0 Å². The number of nitrogens with zero attached hydrogens (tertiary/aromatic N) is 1. The molecule has 122 valence electrons. The van der Waals surface area contributed by atoms with E-state index in [4.69, 9.17) is 4.98 Å². The third-order valence-corrected chi connectivity index (χ3v) is 4.37. The molecular formula is C23H20N2.